The highest BCUT2D eigenvalue weighted by molar-refractivity contribution is 5.22. The highest BCUT2D eigenvalue weighted by Gasteiger charge is 2.10. The van der Waals surface area contributed by atoms with E-state index in [-0.39, 0.29) is 0 Å². The molecule has 0 radical (unpaired) electrons. The van der Waals surface area contributed by atoms with Gasteiger partial charge in [0.1, 0.15) is 11.5 Å². The monoisotopic (exact) mass is 298 g/mol. The summed E-state index contributed by atoms with van der Waals surface area (Å²) in [5, 5.41) is 3.43. The number of hydrogen-bond acceptors (Lipinski definition) is 3. The maximum atomic E-state index is 5.56. The van der Waals surface area contributed by atoms with Gasteiger partial charge in [0.15, 0.2) is 0 Å². The number of nitrogens with zero attached hydrogens (tertiary/aromatic N) is 1. The highest BCUT2D eigenvalue weighted by Crippen LogP contribution is 2.14. The fraction of sp³-hybridized carbons (Fsp3) is 0.474. The summed E-state index contributed by atoms with van der Waals surface area (Å²) in [4.78, 5) is 2.57. The molecule has 0 bridgehead atoms. The van der Waals surface area contributed by atoms with E-state index in [1.165, 1.54) is 43.5 Å². The Kier molecular flexibility index (Phi) is 5.30. The van der Waals surface area contributed by atoms with Crippen molar-refractivity contribution >= 4 is 0 Å². The molecule has 1 aromatic heterocycles. The number of benzene rings is 1. The normalized spacial score (nSPS) is 16.0. The summed E-state index contributed by atoms with van der Waals surface area (Å²) in [7, 11) is 0. The van der Waals surface area contributed by atoms with Gasteiger partial charge in [-0.05, 0) is 56.1 Å². The molecule has 3 heteroatoms. The van der Waals surface area contributed by atoms with Crippen LogP contribution in [-0.2, 0) is 19.6 Å². The van der Waals surface area contributed by atoms with Crippen LogP contribution in [0.3, 0.4) is 0 Å². The molecule has 0 unspecified atom stereocenters. The van der Waals surface area contributed by atoms with Gasteiger partial charge in [0, 0.05) is 13.1 Å². The lowest BCUT2D eigenvalue weighted by atomic mass is 10.1. The molecule has 3 rings (SSSR count). The van der Waals surface area contributed by atoms with Crippen molar-refractivity contribution in [2.75, 3.05) is 13.1 Å². The average Bonchev–Trinajstić information content (AvgIpc) is 2.96. The minimum atomic E-state index is 0.781. The van der Waals surface area contributed by atoms with E-state index in [4.69, 9.17) is 4.42 Å². The molecule has 118 valence electrons. The van der Waals surface area contributed by atoms with E-state index in [0.29, 0.717) is 0 Å². The number of rotatable bonds is 6. The molecule has 0 amide bonds. The maximum absolute atomic E-state index is 5.56. The quantitative estimate of drug-likeness (QED) is 0.877. The van der Waals surface area contributed by atoms with Crippen LogP contribution in [0.25, 0.3) is 0 Å². The van der Waals surface area contributed by atoms with Crippen molar-refractivity contribution in [2.24, 2.45) is 0 Å². The summed E-state index contributed by atoms with van der Waals surface area (Å²) in [6, 6.07) is 13.0. The van der Waals surface area contributed by atoms with Crippen molar-refractivity contribution in [3.05, 3.63) is 59.0 Å². The molecule has 1 fully saturated rings. The van der Waals surface area contributed by atoms with Crippen molar-refractivity contribution in [1.82, 2.24) is 10.2 Å². The van der Waals surface area contributed by atoms with Gasteiger partial charge >= 0.3 is 0 Å². The van der Waals surface area contributed by atoms with Gasteiger partial charge in [0.25, 0.3) is 0 Å². The number of piperidine rings is 1. The lowest BCUT2D eigenvalue weighted by Gasteiger charge is -2.26. The summed E-state index contributed by atoms with van der Waals surface area (Å²) in [5.41, 5.74) is 2.75. The van der Waals surface area contributed by atoms with Crippen LogP contribution >= 0.6 is 0 Å². The predicted octanol–water partition coefficient (Wildman–Crippen LogP) is 3.86. The Morgan fingerprint density at radius 2 is 1.64 bits per heavy atom. The molecule has 1 aliphatic rings. The number of furan rings is 1. The van der Waals surface area contributed by atoms with Crippen LogP contribution < -0.4 is 5.32 Å². The summed E-state index contributed by atoms with van der Waals surface area (Å²) >= 11 is 0. The lowest BCUT2D eigenvalue weighted by molar-refractivity contribution is 0.221. The Morgan fingerprint density at radius 3 is 2.32 bits per heavy atom. The van der Waals surface area contributed by atoms with Gasteiger partial charge in [-0.2, -0.15) is 0 Å². The van der Waals surface area contributed by atoms with Crippen molar-refractivity contribution < 1.29 is 4.42 Å². The van der Waals surface area contributed by atoms with Gasteiger partial charge in [-0.25, -0.2) is 0 Å². The van der Waals surface area contributed by atoms with E-state index in [0.717, 1.165) is 31.2 Å². The Bertz CT molecular complexity index is 567. The van der Waals surface area contributed by atoms with Crippen LogP contribution in [0.15, 0.2) is 40.8 Å². The van der Waals surface area contributed by atoms with Crippen LogP contribution in [-0.4, -0.2) is 18.0 Å². The molecule has 0 saturated carbocycles. The molecule has 2 aromatic rings. The predicted molar refractivity (Wildman–Crippen MR) is 89.6 cm³/mol. The van der Waals surface area contributed by atoms with Crippen LogP contribution in [0, 0.1) is 6.92 Å². The SMILES string of the molecule is Cc1ccc(CNCc2ccc(CN3CCCCC3)cc2)o1. The van der Waals surface area contributed by atoms with E-state index in [2.05, 4.69) is 34.5 Å². The van der Waals surface area contributed by atoms with Crippen LogP contribution in [0.5, 0.6) is 0 Å². The molecule has 1 N–H and O–H groups in total. The standard InChI is InChI=1S/C19H26N2O/c1-16-5-10-19(22-16)14-20-13-17-6-8-18(9-7-17)15-21-11-3-2-4-12-21/h5-10,20H,2-4,11-15H2,1H3. The number of aryl methyl sites for hydroxylation is 1. The average molecular weight is 298 g/mol. The van der Waals surface area contributed by atoms with E-state index < -0.39 is 0 Å². The molecule has 1 aliphatic heterocycles. The Hall–Kier alpha value is -1.58. The summed E-state index contributed by atoms with van der Waals surface area (Å²) in [5.74, 6) is 1.97. The van der Waals surface area contributed by atoms with Crippen LogP contribution in [0.1, 0.15) is 41.9 Å². The van der Waals surface area contributed by atoms with E-state index in [1.54, 1.807) is 0 Å². The smallest absolute Gasteiger partial charge is 0.117 e. The summed E-state index contributed by atoms with van der Waals surface area (Å²) in [6.45, 7) is 7.24. The Labute approximate surface area is 133 Å². The molecule has 0 atom stereocenters. The van der Waals surface area contributed by atoms with Crippen molar-refractivity contribution in [1.29, 1.82) is 0 Å². The fourth-order valence-electron chi connectivity index (χ4n) is 3.05. The number of nitrogens with one attached hydrogen (secondary N) is 1. The van der Waals surface area contributed by atoms with E-state index in [1.807, 2.05) is 19.1 Å². The molecular formula is C19H26N2O. The molecule has 3 nitrogen and oxygen atoms in total. The second kappa shape index (κ2) is 7.61. The van der Waals surface area contributed by atoms with Gasteiger partial charge in [-0.15, -0.1) is 0 Å². The third-order valence-electron chi connectivity index (χ3n) is 4.30. The first-order valence-electron chi connectivity index (χ1n) is 8.36. The van der Waals surface area contributed by atoms with Gasteiger partial charge in [-0.1, -0.05) is 30.7 Å². The largest absolute Gasteiger partial charge is 0.465 e. The second-order valence-electron chi connectivity index (χ2n) is 6.27. The van der Waals surface area contributed by atoms with Crippen LogP contribution in [0.4, 0.5) is 0 Å². The number of likely N-dealkylation sites (tertiary alicyclic amines) is 1. The molecule has 1 saturated heterocycles. The molecule has 0 aliphatic carbocycles. The number of hydrogen-bond donors (Lipinski definition) is 1. The van der Waals surface area contributed by atoms with Gasteiger partial charge in [0.2, 0.25) is 0 Å². The van der Waals surface area contributed by atoms with Crippen molar-refractivity contribution in [3.8, 4) is 0 Å². The van der Waals surface area contributed by atoms with Crippen LogP contribution in [0.2, 0.25) is 0 Å². The Balaban J connectivity index is 1.44. The molecule has 22 heavy (non-hydrogen) atoms. The first-order valence-corrected chi connectivity index (χ1v) is 8.36. The highest BCUT2D eigenvalue weighted by atomic mass is 16.3. The van der Waals surface area contributed by atoms with E-state index >= 15 is 0 Å². The zero-order chi connectivity index (χ0) is 15.2. The second-order valence-corrected chi connectivity index (χ2v) is 6.27. The first-order chi connectivity index (χ1) is 10.8. The van der Waals surface area contributed by atoms with Crippen molar-refractivity contribution in [3.63, 3.8) is 0 Å². The van der Waals surface area contributed by atoms with Gasteiger partial charge < -0.3 is 9.73 Å². The third-order valence-corrected chi connectivity index (χ3v) is 4.30. The molecule has 0 spiro atoms. The zero-order valence-electron chi connectivity index (χ0n) is 13.5. The van der Waals surface area contributed by atoms with Crippen molar-refractivity contribution in [2.45, 2.75) is 45.8 Å². The van der Waals surface area contributed by atoms with E-state index in [9.17, 15) is 0 Å². The first kappa shape index (κ1) is 15.3. The summed E-state index contributed by atoms with van der Waals surface area (Å²) < 4.78 is 5.56. The van der Waals surface area contributed by atoms with Gasteiger partial charge in [0.05, 0.1) is 6.54 Å². The van der Waals surface area contributed by atoms with Gasteiger partial charge in [-0.3, -0.25) is 4.90 Å². The maximum Gasteiger partial charge on any atom is 0.117 e. The third kappa shape index (κ3) is 4.46. The minimum absolute atomic E-state index is 0.781. The lowest BCUT2D eigenvalue weighted by Crippen LogP contribution is -2.29. The molecule has 1 aromatic carbocycles. The topological polar surface area (TPSA) is 28.4 Å². The fourth-order valence-corrected chi connectivity index (χ4v) is 3.05. The summed E-state index contributed by atoms with van der Waals surface area (Å²) in [6.07, 6.45) is 4.11. The molecule has 2 heterocycles. The zero-order valence-corrected chi connectivity index (χ0v) is 13.5. The minimum Gasteiger partial charge on any atom is -0.465 e. The molecular weight excluding hydrogens is 272 g/mol. The Morgan fingerprint density at radius 1 is 0.909 bits per heavy atom.